The number of nitrogens with one attached hydrogen (secondary N) is 2. The molecule has 2 heterocycles. The number of aliphatic carboxylic acids is 1. The molecule has 0 radical (unpaired) electrons. The fraction of sp³-hybridized carbons (Fsp3) is 0.750. The second-order valence-electron chi connectivity index (χ2n) is 8.79. The number of hydrogen-bond acceptors (Lipinski definition) is 8. The molecular formula is C20H34ClN5O6. The summed E-state index contributed by atoms with van der Waals surface area (Å²) in [7, 11) is 1.38. The number of carbonyl (C=O) groups is 3. The van der Waals surface area contributed by atoms with Gasteiger partial charge in [-0.3, -0.25) is 4.79 Å². The molecule has 1 aliphatic heterocycles. The average molecular weight is 476 g/mol. The summed E-state index contributed by atoms with van der Waals surface area (Å²) in [6.45, 7) is 6.08. The lowest BCUT2D eigenvalue weighted by Crippen LogP contribution is -2.49. The molecule has 1 aromatic rings. The first-order chi connectivity index (χ1) is 14.6. The standard InChI is InChI=1S/C20H33N5O6.ClH/c1-20(2,3)16(17(26)27)22-19(29)31-9-7-5-6-8-13-12-25(24-23-13)14-10-15(21-11-14)18(28)30-4;/h12,14-16,21H,5-11H2,1-4H3,(H,22,29)(H,26,27);1H/t14-,15+,16-;/m1./s1. The predicted molar refractivity (Wildman–Crippen MR) is 118 cm³/mol. The van der Waals surface area contributed by atoms with Gasteiger partial charge in [0.25, 0.3) is 0 Å². The number of esters is 1. The van der Waals surface area contributed by atoms with Crippen molar-refractivity contribution in [1.82, 2.24) is 25.6 Å². The van der Waals surface area contributed by atoms with Crippen molar-refractivity contribution in [3.63, 3.8) is 0 Å². The summed E-state index contributed by atoms with van der Waals surface area (Å²) in [5.41, 5.74) is 0.256. The number of carbonyl (C=O) groups excluding carboxylic acids is 2. The van der Waals surface area contributed by atoms with Crippen LogP contribution in [0.1, 0.15) is 58.2 Å². The summed E-state index contributed by atoms with van der Waals surface area (Å²) >= 11 is 0. The zero-order chi connectivity index (χ0) is 23.0. The molecule has 32 heavy (non-hydrogen) atoms. The van der Waals surface area contributed by atoms with Crippen molar-refractivity contribution in [2.24, 2.45) is 5.41 Å². The van der Waals surface area contributed by atoms with Crippen LogP contribution < -0.4 is 10.6 Å². The lowest BCUT2D eigenvalue weighted by Gasteiger charge is -2.27. The number of rotatable bonds is 10. The maximum atomic E-state index is 11.8. The minimum atomic E-state index is -1.09. The van der Waals surface area contributed by atoms with Crippen LogP contribution in [0.4, 0.5) is 4.79 Å². The normalized spacial score (nSPS) is 19.0. The van der Waals surface area contributed by atoms with Crippen molar-refractivity contribution in [3.05, 3.63) is 11.9 Å². The molecule has 1 amide bonds. The first-order valence-corrected chi connectivity index (χ1v) is 10.5. The van der Waals surface area contributed by atoms with E-state index >= 15 is 0 Å². The number of methoxy groups -OCH3 is 1. The Kier molecular flexibility index (Phi) is 10.9. The molecule has 11 nitrogen and oxygen atoms in total. The Labute approximate surface area is 194 Å². The molecule has 3 atom stereocenters. The summed E-state index contributed by atoms with van der Waals surface area (Å²) in [6.07, 6.45) is 4.90. The van der Waals surface area contributed by atoms with Crippen LogP contribution in [0.3, 0.4) is 0 Å². The van der Waals surface area contributed by atoms with Crippen LogP contribution in [-0.2, 0) is 25.5 Å². The molecule has 1 saturated heterocycles. The average Bonchev–Trinajstić information content (AvgIpc) is 3.36. The van der Waals surface area contributed by atoms with Crippen LogP contribution in [0.25, 0.3) is 0 Å². The number of aryl methyl sites for hydroxylation is 1. The van der Waals surface area contributed by atoms with Crippen LogP contribution >= 0.6 is 12.4 Å². The molecule has 0 unspecified atom stereocenters. The minimum Gasteiger partial charge on any atom is -0.480 e. The number of unbranched alkanes of at least 4 members (excludes halogenated alkanes) is 2. The Bertz CT molecular complexity index is 766. The monoisotopic (exact) mass is 475 g/mol. The van der Waals surface area contributed by atoms with Gasteiger partial charge in [0.1, 0.15) is 12.1 Å². The Hall–Kier alpha value is -2.40. The molecule has 1 aromatic heterocycles. The van der Waals surface area contributed by atoms with E-state index in [1.807, 2.05) is 6.20 Å². The Morgan fingerprint density at radius 1 is 1.31 bits per heavy atom. The Balaban J connectivity index is 0.00000512. The lowest BCUT2D eigenvalue weighted by atomic mass is 9.87. The molecule has 1 fully saturated rings. The number of nitrogens with zero attached hydrogens (tertiary/aromatic N) is 3. The number of carboxylic acid groups (broad SMARTS) is 1. The van der Waals surface area contributed by atoms with E-state index in [4.69, 9.17) is 9.47 Å². The first-order valence-electron chi connectivity index (χ1n) is 10.5. The number of amides is 1. The molecule has 0 spiro atoms. The van der Waals surface area contributed by atoms with Crippen molar-refractivity contribution in [2.75, 3.05) is 20.3 Å². The molecule has 2 rings (SSSR count). The Morgan fingerprint density at radius 2 is 2.03 bits per heavy atom. The highest BCUT2D eigenvalue weighted by Gasteiger charge is 2.33. The number of hydrogen-bond donors (Lipinski definition) is 3. The summed E-state index contributed by atoms with van der Waals surface area (Å²) in [5.74, 6) is -1.36. The van der Waals surface area contributed by atoms with E-state index in [0.29, 0.717) is 19.4 Å². The topological polar surface area (TPSA) is 145 Å². The third kappa shape index (κ3) is 8.27. The zero-order valence-corrected chi connectivity index (χ0v) is 19.8. The van der Waals surface area contributed by atoms with Crippen molar-refractivity contribution < 1.29 is 29.0 Å². The van der Waals surface area contributed by atoms with Crippen LogP contribution in [0.2, 0.25) is 0 Å². The highest BCUT2D eigenvalue weighted by atomic mass is 35.5. The number of ether oxygens (including phenoxy) is 2. The van der Waals surface area contributed by atoms with Crippen LogP contribution in [0.15, 0.2) is 6.20 Å². The second-order valence-corrected chi connectivity index (χ2v) is 8.79. The van der Waals surface area contributed by atoms with Gasteiger partial charge in [-0.15, -0.1) is 17.5 Å². The van der Waals surface area contributed by atoms with Gasteiger partial charge in [-0.25, -0.2) is 14.3 Å². The minimum absolute atomic E-state index is 0. The van der Waals surface area contributed by atoms with Gasteiger partial charge in [0.05, 0.1) is 25.5 Å². The van der Waals surface area contributed by atoms with E-state index < -0.39 is 23.5 Å². The van der Waals surface area contributed by atoms with Crippen LogP contribution in [0.5, 0.6) is 0 Å². The summed E-state index contributed by atoms with van der Waals surface area (Å²) in [4.78, 5) is 34.7. The molecule has 3 N–H and O–H groups in total. The van der Waals surface area contributed by atoms with Crippen molar-refractivity contribution in [3.8, 4) is 0 Å². The van der Waals surface area contributed by atoms with Gasteiger partial charge in [-0.2, -0.15) is 0 Å². The third-order valence-electron chi connectivity index (χ3n) is 5.21. The van der Waals surface area contributed by atoms with Gasteiger partial charge in [-0.05, 0) is 37.5 Å². The zero-order valence-electron chi connectivity index (χ0n) is 19.0. The van der Waals surface area contributed by atoms with Crippen LogP contribution in [0, 0.1) is 5.41 Å². The molecular weight excluding hydrogens is 442 g/mol. The molecule has 0 saturated carbocycles. The van der Waals surface area contributed by atoms with Gasteiger partial charge in [0.15, 0.2) is 0 Å². The van der Waals surface area contributed by atoms with Gasteiger partial charge in [0.2, 0.25) is 0 Å². The number of alkyl carbamates (subject to hydrolysis) is 1. The summed E-state index contributed by atoms with van der Waals surface area (Å²) in [6, 6.07) is -1.26. The van der Waals surface area contributed by atoms with E-state index in [-0.39, 0.29) is 37.1 Å². The first kappa shape index (κ1) is 27.6. The van der Waals surface area contributed by atoms with E-state index in [0.717, 1.165) is 25.0 Å². The number of halogens is 1. The lowest BCUT2D eigenvalue weighted by molar-refractivity contribution is -0.143. The SMILES string of the molecule is COC(=O)[C@@H]1C[C@@H](n2cc(CCCCCOC(=O)N[C@H](C(=O)O)C(C)(C)C)nn2)CN1.Cl. The highest BCUT2D eigenvalue weighted by molar-refractivity contribution is 5.85. The summed E-state index contributed by atoms with van der Waals surface area (Å²) < 4.78 is 11.6. The smallest absolute Gasteiger partial charge is 0.407 e. The summed E-state index contributed by atoms with van der Waals surface area (Å²) in [5, 5.41) is 23.1. The third-order valence-corrected chi connectivity index (χ3v) is 5.21. The molecule has 182 valence electrons. The van der Waals surface area contributed by atoms with Gasteiger partial charge < -0.3 is 25.2 Å². The molecule has 0 bridgehead atoms. The van der Waals surface area contributed by atoms with E-state index in [1.165, 1.54) is 7.11 Å². The van der Waals surface area contributed by atoms with Crippen molar-refractivity contribution in [2.45, 2.75) is 71.0 Å². The quantitative estimate of drug-likeness (QED) is 0.340. The van der Waals surface area contributed by atoms with E-state index in [9.17, 15) is 19.5 Å². The fourth-order valence-electron chi connectivity index (χ4n) is 3.40. The maximum absolute atomic E-state index is 11.8. The largest absolute Gasteiger partial charge is 0.480 e. The van der Waals surface area contributed by atoms with Crippen molar-refractivity contribution >= 4 is 30.4 Å². The van der Waals surface area contributed by atoms with Crippen molar-refractivity contribution in [1.29, 1.82) is 0 Å². The maximum Gasteiger partial charge on any atom is 0.407 e. The second kappa shape index (κ2) is 12.6. The Morgan fingerprint density at radius 3 is 2.66 bits per heavy atom. The molecule has 0 aliphatic carbocycles. The number of carboxylic acids is 1. The molecule has 1 aliphatic rings. The predicted octanol–water partition coefficient (Wildman–Crippen LogP) is 1.71. The van der Waals surface area contributed by atoms with E-state index in [1.54, 1.807) is 25.5 Å². The van der Waals surface area contributed by atoms with Gasteiger partial charge in [0, 0.05) is 12.7 Å². The fourth-order valence-corrected chi connectivity index (χ4v) is 3.40. The van der Waals surface area contributed by atoms with Gasteiger partial charge in [-0.1, -0.05) is 26.0 Å². The highest BCUT2D eigenvalue weighted by Crippen LogP contribution is 2.20. The molecule has 0 aromatic carbocycles. The molecule has 12 heteroatoms. The number of aromatic nitrogens is 3. The van der Waals surface area contributed by atoms with Crippen LogP contribution in [-0.4, -0.2) is 70.5 Å². The van der Waals surface area contributed by atoms with E-state index in [2.05, 4.69) is 20.9 Å². The van der Waals surface area contributed by atoms with Gasteiger partial charge >= 0.3 is 18.0 Å².